The maximum Gasteiger partial charge on any atom is 0.317 e. The average Bonchev–Trinajstić information content (AvgIpc) is 3.22. The summed E-state index contributed by atoms with van der Waals surface area (Å²) in [6.45, 7) is 3.35. The molecule has 2 amide bonds. The summed E-state index contributed by atoms with van der Waals surface area (Å²) in [5.41, 5.74) is 2.08. The lowest BCUT2D eigenvalue weighted by Crippen LogP contribution is -2.47. The van der Waals surface area contributed by atoms with Crippen molar-refractivity contribution in [1.29, 1.82) is 0 Å². The lowest BCUT2D eigenvalue weighted by atomic mass is 10.1. The molecular formula is C22H26N4O2. The van der Waals surface area contributed by atoms with E-state index in [9.17, 15) is 4.79 Å². The van der Waals surface area contributed by atoms with Crippen molar-refractivity contribution in [2.75, 3.05) is 20.1 Å². The first-order chi connectivity index (χ1) is 13.7. The summed E-state index contributed by atoms with van der Waals surface area (Å²) in [5.74, 6) is 0.993. The van der Waals surface area contributed by atoms with Gasteiger partial charge in [-0.3, -0.25) is 9.88 Å². The Bertz CT molecular complexity index is 917. The number of carbonyl (C=O) groups is 1. The molecule has 0 saturated carbocycles. The van der Waals surface area contributed by atoms with Crippen LogP contribution in [-0.2, 0) is 13.1 Å². The second kappa shape index (κ2) is 8.44. The van der Waals surface area contributed by atoms with Crippen LogP contribution in [0, 0.1) is 0 Å². The average molecular weight is 378 g/mol. The van der Waals surface area contributed by atoms with Gasteiger partial charge >= 0.3 is 6.03 Å². The molecule has 0 unspecified atom stereocenters. The first-order valence-corrected chi connectivity index (χ1v) is 9.77. The van der Waals surface area contributed by atoms with Crippen LogP contribution in [-0.4, -0.2) is 47.0 Å². The quantitative estimate of drug-likeness (QED) is 0.736. The van der Waals surface area contributed by atoms with Gasteiger partial charge in [0.15, 0.2) is 0 Å². The van der Waals surface area contributed by atoms with Crippen molar-refractivity contribution in [3.05, 3.63) is 66.2 Å². The third-order valence-electron chi connectivity index (χ3n) is 5.31. The maximum atomic E-state index is 12.6. The minimum Gasteiger partial charge on any atom is -0.468 e. The number of piperidine rings is 1. The topological polar surface area (TPSA) is 61.6 Å². The van der Waals surface area contributed by atoms with Crippen LogP contribution in [0.5, 0.6) is 0 Å². The minimum atomic E-state index is -0.0178. The van der Waals surface area contributed by atoms with Gasteiger partial charge in [-0.15, -0.1) is 0 Å². The Morgan fingerprint density at radius 2 is 2.11 bits per heavy atom. The standard InChI is InChI=1S/C22H26N4O2/c1-25(15-17-6-7-21-18(14-17)4-2-10-23-21)22(27)24-19-8-11-26(12-9-19)16-20-5-3-13-28-20/h2-7,10,13-14,19H,8-9,11-12,15-16H2,1H3,(H,24,27). The fourth-order valence-corrected chi connectivity index (χ4v) is 3.71. The lowest BCUT2D eigenvalue weighted by molar-refractivity contribution is 0.166. The minimum absolute atomic E-state index is 0.0178. The molecule has 6 nitrogen and oxygen atoms in total. The van der Waals surface area contributed by atoms with E-state index in [0.29, 0.717) is 6.54 Å². The molecule has 28 heavy (non-hydrogen) atoms. The Labute approximate surface area is 165 Å². The molecule has 1 fully saturated rings. The van der Waals surface area contributed by atoms with Crippen LogP contribution in [0.2, 0.25) is 0 Å². The van der Waals surface area contributed by atoms with Crippen molar-refractivity contribution in [1.82, 2.24) is 20.1 Å². The van der Waals surface area contributed by atoms with E-state index in [4.69, 9.17) is 4.42 Å². The van der Waals surface area contributed by atoms with E-state index in [1.54, 1.807) is 17.4 Å². The highest BCUT2D eigenvalue weighted by atomic mass is 16.3. The molecule has 0 bridgehead atoms. The first kappa shape index (κ1) is 18.5. The first-order valence-electron chi connectivity index (χ1n) is 9.77. The molecule has 0 spiro atoms. The molecule has 0 radical (unpaired) electrons. The number of hydrogen-bond acceptors (Lipinski definition) is 4. The predicted molar refractivity (Wildman–Crippen MR) is 109 cm³/mol. The SMILES string of the molecule is CN(Cc1ccc2ncccc2c1)C(=O)NC1CCN(Cc2ccco2)CC1. The molecule has 1 saturated heterocycles. The Kier molecular flexibility index (Phi) is 5.58. The smallest absolute Gasteiger partial charge is 0.317 e. The zero-order valence-electron chi connectivity index (χ0n) is 16.2. The fraction of sp³-hybridized carbons (Fsp3) is 0.364. The van der Waals surface area contributed by atoms with Crippen LogP contribution in [0.15, 0.2) is 59.3 Å². The molecule has 6 heteroatoms. The van der Waals surface area contributed by atoms with Crippen molar-refractivity contribution in [2.24, 2.45) is 0 Å². The molecule has 1 aliphatic heterocycles. The number of benzene rings is 1. The van der Waals surface area contributed by atoms with Gasteiger partial charge in [-0.1, -0.05) is 12.1 Å². The summed E-state index contributed by atoms with van der Waals surface area (Å²) < 4.78 is 5.42. The number of urea groups is 1. The normalized spacial score (nSPS) is 15.6. The van der Waals surface area contributed by atoms with E-state index in [0.717, 1.165) is 54.7 Å². The molecular weight excluding hydrogens is 352 g/mol. The van der Waals surface area contributed by atoms with E-state index in [-0.39, 0.29) is 12.1 Å². The second-order valence-electron chi connectivity index (χ2n) is 7.47. The number of likely N-dealkylation sites (tertiary alicyclic amines) is 1. The number of rotatable bonds is 5. The van der Waals surface area contributed by atoms with Crippen molar-refractivity contribution in [3.63, 3.8) is 0 Å². The number of aromatic nitrogens is 1. The maximum absolute atomic E-state index is 12.6. The number of pyridine rings is 1. The van der Waals surface area contributed by atoms with Gasteiger partial charge in [0.25, 0.3) is 0 Å². The Balaban J connectivity index is 1.26. The predicted octanol–water partition coefficient (Wildman–Crippen LogP) is 3.63. The zero-order chi connectivity index (χ0) is 19.3. The molecule has 1 N–H and O–H groups in total. The molecule has 1 aliphatic rings. The molecule has 0 atom stereocenters. The molecule has 146 valence electrons. The van der Waals surface area contributed by atoms with Crippen LogP contribution in [0.25, 0.3) is 10.9 Å². The fourth-order valence-electron chi connectivity index (χ4n) is 3.71. The Hall–Kier alpha value is -2.86. The van der Waals surface area contributed by atoms with Gasteiger partial charge in [-0.05, 0) is 48.7 Å². The van der Waals surface area contributed by atoms with Gasteiger partial charge in [0.2, 0.25) is 0 Å². The third kappa shape index (κ3) is 4.51. The van der Waals surface area contributed by atoms with Crippen LogP contribution < -0.4 is 5.32 Å². The molecule has 2 aromatic heterocycles. The molecule has 1 aromatic carbocycles. The van der Waals surface area contributed by atoms with Crippen molar-refractivity contribution >= 4 is 16.9 Å². The van der Waals surface area contributed by atoms with Gasteiger partial charge in [0.1, 0.15) is 5.76 Å². The van der Waals surface area contributed by atoms with Crippen molar-refractivity contribution in [2.45, 2.75) is 32.0 Å². The van der Waals surface area contributed by atoms with E-state index in [1.807, 2.05) is 43.4 Å². The largest absolute Gasteiger partial charge is 0.468 e. The van der Waals surface area contributed by atoms with Gasteiger partial charge in [0, 0.05) is 44.3 Å². The number of nitrogens with one attached hydrogen (secondary N) is 1. The zero-order valence-corrected chi connectivity index (χ0v) is 16.2. The van der Waals surface area contributed by atoms with Gasteiger partial charge in [-0.25, -0.2) is 4.79 Å². The number of amides is 2. The second-order valence-corrected chi connectivity index (χ2v) is 7.47. The summed E-state index contributed by atoms with van der Waals surface area (Å²) in [6, 6.07) is 14.2. The summed E-state index contributed by atoms with van der Waals surface area (Å²) >= 11 is 0. The molecule has 3 heterocycles. The third-order valence-corrected chi connectivity index (χ3v) is 5.31. The highest BCUT2D eigenvalue weighted by molar-refractivity contribution is 5.79. The van der Waals surface area contributed by atoms with Crippen LogP contribution >= 0.6 is 0 Å². The van der Waals surface area contributed by atoms with Gasteiger partial charge < -0.3 is 14.6 Å². The summed E-state index contributed by atoms with van der Waals surface area (Å²) in [5, 5.41) is 4.28. The summed E-state index contributed by atoms with van der Waals surface area (Å²) in [7, 11) is 1.84. The Morgan fingerprint density at radius 3 is 2.89 bits per heavy atom. The summed E-state index contributed by atoms with van der Waals surface area (Å²) in [4.78, 5) is 21.0. The number of furan rings is 1. The number of fused-ring (bicyclic) bond motifs is 1. The van der Waals surface area contributed by atoms with E-state index in [1.165, 1.54) is 0 Å². The van der Waals surface area contributed by atoms with Crippen LogP contribution in [0.1, 0.15) is 24.2 Å². The number of nitrogens with zero attached hydrogens (tertiary/aromatic N) is 3. The monoisotopic (exact) mass is 378 g/mol. The van der Waals surface area contributed by atoms with E-state index < -0.39 is 0 Å². The summed E-state index contributed by atoms with van der Waals surface area (Å²) in [6.07, 6.45) is 5.43. The molecule has 3 aromatic rings. The van der Waals surface area contributed by atoms with Crippen LogP contribution in [0.3, 0.4) is 0 Å². The van der Waals surface area contributed by atoms with Crippen molar-refractivity contribution < 1.29 is 9.21 Å². The number of hydrogen-bond donors (Lipinski definition) is 1. The van der Waals surface area contributed by atoms with Gasteiger partial charge in [0.05, 0.1) is 18.3 Å². The highest BCUT2D eigenvalue weighted by Gasteiger charge is 2.22. The molecule has 0 aliphatic carbocycles. The lowest BCUT2D eigenvalue weighted by Gasteiger charge is -2.32. The number of carbonyl (C=O) groups excluding carboxylic acids is 1. The van der Waals surface area contributed by atoms with Gasteiger partial charge in [-0.2, -0.15) is 0 Å². The molecule has 4 rings (SSSR count). The van der Waals surface area contributed by atoms with Crippen LogP contribution in [0.4, 0.5) is 4.79 Å². The highest BCUT2D eigenvalue weighted by Crippen LogP contribution is 2.16. The Morgan fingerprint density at radius 1 is 1.25 bits per heavy atom. The van der Waals surface area contributed by atoms with Crippen molar-refractivity contribution in [3.8, 4) is 0 Å². The van der Waals surface area contributed by atoms with E-state index >= 15 is 0 Å². The van der Waals surface area contributed by atoms with E-state index in [2.05, 4.69) is 21.3 Å².